The third-order valence-corrected chi connectivity index (χ3v) is 3.80. The molecule has 1 aliphatic rings. The lowest BCUT2D eigenvalue weighted by Crippen LogP contribution is -2.40. The van der Waals surface area contributed by atoms with Crippen LogP contribution in [0.15, 0.2) is 6.07 Å². The van der Waals surface area contributed by atoms with E-state index in [4.69, 9.17) is 23.2 Å². The number of amides is 1. The van der Waals surface area contributed by atoms with Crippen LogP contribution < -0.4 is 0 Å². The first kappa shape index (κ1) is 13.6. The van der Waals surface area contributed by atoms with Gasteiger partial charge in [-0.3, -0.25) is 4.79 Å². The normalized spacial score (nSPS) is 19.9. The van der Waals surface area contributed by atoms with Gasteiger partial charge in [0.05, 0.1) is 5.56 Å². The summed E-state index contributed by atoms with van der Waals surface area (Å²) in [7, 11) is 0. The maximum Gasteiger partial charge on any atom is 0.257 e. The SMILES string of the molecule is CCC1CCCN(C(=O)c2cc(Cl)nnc2Cl)C1. The molecule has 1 aromatic rings. The lowest BCUT2D eigenvalue weighted by atomic mass is 9.95. The Labute approximate surface area is 116 Å². The quantitative estimate of drug-likeness (QED) is 0.840. The maximum atomic E-state index is 12.3. The minimum absolute atomic E-state index is 0.102. The average molecular weight is 288 g/mol. The molecule has 6 heteroatoms. The monoisotopic (exact) mass is 287 g/mol. The van der Waals surface area contributed by atoms with Crippen LogP contribution in [0, 0.1) is 5.92 Å². The molecule has 0 aromatic carbocycles. The van der Waals surface area contributed by atoms with Crippen molar-refractivity contribution in [1.29, 1.82) is 0 Å². The molecule has 98 valence electrons. The Morgan fingerprint density at radius 1 is 1.50 bits per heavy atom. The molecule has 0 N–H and O–H groups in total. The first-order valence-electron chi connectivity index (χ1n) is 6.09. The minimum Gasteiger partial charge on any atom is -0.338 e. The summed E-state index contributed by atoms with van der Waals surface area (Å²) in [4.78, 5) is 14.2. The number of carbonyl (C=O) groups is 1. The largest absolute Gasteiger partial charge is 0.338 e. The number of likely N-dealkylation sites (tertiary alicyclic amines) is 1. The first-order chi connectivity index (χ1) is 8.61. The summed E-state index contributed by atoms with van der Waals surface area (Å²) >= 11 is 11.7. The molecule has 1 aromatic heterocycles. The number of piperidine rings is 1. The molecular formula is C12H15Cl2N3O. The molecule has 0 bridgehead atoms. The Kier molecular flexibility index (Phi) is 4.40. The molecule has 2 heterocycles. The average Bonchev–Trinajstić information content (AvgIpc) is 2.41. The highest BCUT2D eigenvalue weighted by atomic mass is 35.5. The summed E-state index contributed by atoms with van der Waals surface area (Å²) < 4.78 is 0. The summed E-state index contributed by atoms with van der Waals surface area (Å²) in [5, 5.41) is 7.58. The second-order valence-corrected chi connectivity index (χ2v) is 5.28. The predicted molar refractivity (Wildman–Crippen MR) is 71.0 cm³/mol. The molecule has 1 unspecified atom stereocenters. The van der Waals surface area contributed by atoms with E-state index in [0.717, 1.165) is 25.9 Å². The van der Waals surface area contributed by atoms with Gasteiger partial charge in [-0.1, -0.05) is 36.5 Å². The van der Waals surface area contributed by atoms with Crippen LogP contribution in [0.1, 0.15) is 36.5 Å². The van der Waals surface area contributed by atoms with E-state index < -0.39 is 0 Å². The number of nitrogens with zero attached hydrogens (tertiary/aromatic N) is 3. The van der Waals surface area contributed by atoms with Gasteiger partial charge in [0, 0.05) is 13.1 Å². The standard InChI is InChI=1S/C12H15Cl2N3O/c1-2-8-4-3-5-17(7-8)12(18)9-6-10(13)15-16-11(9)14/h6,8H,2-5,7H2,1H3. The highest BCUT2D eigenvalue weighted by molar-refractivity contribution is 6.34. The molecule has 0 radical (unpaired) electrons. The van der Waals surface area contributed by atoms with E-state index in [1.54, 1.807) is 0 Å². The van der Waals surface area contributed by atoms with Crippen molar-refractivity contribution in [3.63, 3.8) is 0 Å². The number of hydrogen-bond donors (Lipinski definition) is 0. The van der Waals surface area contributed by atoms with Crippen LogP contribution in [0.2, 0.25) is 10.3 Å². The molecule has 1 amide bonds. The maximum absolute atomic E-state index is 12.3. The van der Waals surface area contributed by atoms with Crippen molar-refractivity contribution in [2.75, 3.05) is 13.1 Å². The molecule has 0 spiro atoms. The van der Waals surface area contributed by atoms with Crippen LogP contribution in [-0.2, 0) is 0 Å². The van der Waals surface area contributed by atoms with E-state index in [1.165, 1.54) is 12.5 Å². The highest BCUT2D eigenvalue weighted by Gasteiger charge is 2.25. The van der Waals surface area contributed by atoms with Gasteiger partial charge in [0.15, 0.2) is 10.3 Å². The van der Waals surface area contributed by atoms with E-state index >= 15 is 0 Å². The van der Waals surface area contributed by atoms with Crippen molar-refractivity contribution in [1.82, 2.24) is 15.1 Å². The second-order valence-electron chi connectivity index (χ2n) is 4.54. The van der Waals surface area contributed by atoms with Gasteiger partial charge in [-0.15, -0.1) is 10.2 Å². The number of hydrogen-bond acceptors (Lipinski definition) is 3. The van der Waals surface area contributed by atoms with Crippen molar-refractivity contribution in [2.24, 2.45) is 5.92 Å². The van der Waals surface area contributed by atoms with Gasteiger partial charge < -0.3 is 4.90 Å². The molecule has 1 saturated heterocycles. The molecular weight excluding hydrogens is 273 g/mol. The highest BCUT2D eigenvalue weighted by Crippen LogP contribution is 2.23. The van der Waals surface area contributed by atoms with E-state index in [9.17, 15) is 4.79 Å². The van der Waals surface area contributed by atoms with Gasteiger partial charge in [0.1, 0.15) is 0 Å². The summed E-state index contributed by atoms with van der Waals surface area (Å²) in [5.41, 5.74) is 0.341. The Balaban J connectivity index is 2.17. The number of carbonyl (C=O) groups excluding carboxylic acids is 1. The molecule has 18 heavy (non-hydrogen) atoms. The fourth-order valence-electron chi connectivity index (χ4n) is 2.26. The lowest BCUT2D eigenvalue weighted by Gasteiger charge is -2.32. The van der Waals surface area contributed by atoms with Crippen molar-refractivity contribution < 1.29 is 4.79 Å². The Morgan fingerprint density at radius 2 is 2.28 bits per heavy atom. The van der Waals surface area contributed by atoms with Crippen molar-refractivity contribution >= 4 is 29.1 Å². The van der Waals surface area contributed by atoms with Crippen LogP contribution >= 0.6 is 23.2 Å². The molecule has 1 aliphatic heterocycles. The topological polar surface area (TPSA) is 46.1 Å². The first-order valence-corrected chi connectivity index (χ1v) is 6.85. The molecule has 1 fully saturated rings. The van der Waals surface area contributed by atoms with Crippen LogP contribution in [-0.4, -0.2) is 34.1 Å². The van der Waals surface area contributed by atoms with Crippen LogP contribution in [0.25, 0.3) is 0 Å². The van der Waals surface area contributed by atoms with E-state index in [2.05, 4.69) is 17.1 Å². The third kappa shape index (κ3) is 2.93. The van der Waals surface area contributed by atoms with E-state index in [-0.39, 0.29) is 16.2 Å². The molecule has 1 atom stereocenters. The summed E-state index contributed by atoms with van der Waals surface area (Å²) in [6.45, 7) is 3.70. The van der Waals surface area contributed by atoms with Gasteiger partial charge in [-0.25, -0.2) is 0 Å². The third-order valence-electron chi connectivity index (χ3n) is 3.33. The second kappa shape index (κ2) is 5.85. The van der Waals surface area contributed by atoms with Gasteiger partial charge in [0.25, 0.3) is 5.91 Å². The summed E-state index contributed by atoms with van der Waals surface area (Å²) in [6.07, 6.45) is 3.31. The smallest absolute Gasteiger partial charge is 0.257 e. The Hall–Kier alpha value is -0.870. The lowest BCUT2D eigenvalue weighted by molar-refractivity contribution is 0.0671. The number of halogens is 2. The number of aromatic nitrogens is 2. The van der Waals surface area contributed by atoms with Crippen molar-refractivity contribution in [2.45, 2.75) is 26.2 Å². The van der Waals surface area contributed by atoms with Crippen molar-refractivity contribution in [3.05, 3.63) is 21.9 Å². The fourth-order valence-corrected chi connectivity index (χ4v) is 2.58. The molecule has 4 nitrogen and oxygen atoms in total. The molecule has 2 rings (SSSR count). The molecule has 0 aliphatic carbocycles. The minimum atomic E-state index is -0.102. The summed E-state index contributed by atoms with van der Waals surface area (Å²) in [5.74, 6) is 0.474. The van der Waals surface area contributed by atoms with E-state index in [0.29, 0.717) is 11.5 Å². The van der Waals surface area contributed by atoms with Crippen molar-refractivity contribution in [3.8, 4) is 0 Å². The van der Waals surface area contributed by atoms with Gasteiger partial charge in [0.2, 0.25) is 0 Å². The zero-order valence-corrected chi connectivity index (χ0v) is 11.7. The zero-order chi connectivity index (χ0) is 13.1. The zero-order valence-electron chi connectivity index (χ0n) is 10.2. The molecule has 0 saturated carbocycles. The van der Waals surface area contributed by atoms with Crippen LogP contribution in [0.5, 0.6) is 0 Å². The van der Waals surface area contributed by atoms with Gasteiger partial charge in [-0.05, 0) is 24.8 Å². The Bertz CT molecular complexity index is 453. The predicted octanol–water partition coefficient (Wildman–Crippen LogP) is 3.05. The fraction of sp³-hybridized carbons (Fsp3) is 0.583. The van der Waals surface area contributed by atoms with Gasteiger partial charge in [-0.2, -0.15) is 0 Å². The Morgan fingerprint density at radius 3 is 3.00 bits per heavy atom. The number of rotatable bonds is 2. The van der Waals surface area contributed by atoms with E-state index in [1.807, 2.05) is 4.90 Å². The van der Waals surface area contributed by atoms with Crippen LogP contribution in [0.4, 0.5) is 0 Å². The summed E-state index contributed by atoms with van der Waals surface area (Å²) in [6, 6.07) is 1.48. The van der Waals surface area contributed by atoms with Gasteiger partial charge >= 0.3 is 0 Å². The van der Waals surface area contributed by atoms with Crippen LogP contribution in [0.3, 0.4) is 0 Å².